The van der Waals surface area contributed by atoms with Crippen molar-refractivity contribution < 1.29 is 14.7 Å². The van der Waals surface area contributed by atoms with Crippen LogP contribution in [0.4, 0.5) is 11.4 Å². The monoisotopic (exact) mass is 412 g/mol. The third kappa shape index (κ3) is 4.83. The standard InChI is InChI=1S/C21H24N4O3S/c1-4-9-25-16(11-14(2)23-25)13-24(3)18-8-7-15(21(27)28)12-17(18)22-20(26)19-6-5-10-29-19/h5-8,10-12H,4,9,13H2,1-3H3,(H,22,26)(H,27,28). The Morgan fingerprint density at radius 2 is 2.07 bits per heavy atom. The fourth-order valence-electron chi connectivity index (χ4n) is 3.15. The summed E-state index contributed by atoms with van der Waals surface area (Å²) in [5.74, 6) is -1.30. The van der Waals surface area contributed by atoms with E-state index in [1.54, 1.807) is 24.3 Å². The Bertz CT molecular complexity index is 1010. The summed E-state index contributed by atoms with van der Waals surface area (Å²) in [6, 6.07) is 10.3. The predicted molar refractivity (Wildman–Crippen MR) is 115 cm³/mol. The molecule has 0 aliphatic carbocycles. The molecule has 152 valence electrons. The summed E-state index contributed by atoms with van der Waals surface area (Å²) in [5.41, 5.74) is 3.33. The van der Waals surface area contributed by atoms with Crippen molar-refractivity contribution in [1.29, 1.82) is 0 Å². The van der Waals surface area contributed by atoms with Gasteiger partial charge in [0.15, 0.2) is 0 Å². The van der Waals surface area contributed by atoms with Gasteiger partial charge >= 0.3 is 5.97 Å². The molecule has 0 atom stereocenters. The van der Waals surface area contributed by atoms with E-state index in [-0.39, 0.29) is 11.5 Å². The Morgan fingerprint density at radius 1 is 1.28 bits per heavy atom. The van der Waals surface area contributed by atoms with Crippen LogP contribution in [0.3, 0.4) is 0 Å². The van der Waals surface area contributed by atoms with Crippen molar-refractivity contribution >= 4 is 34.6 Å². The number of carboxylic acid groups (broad SMARTS) is 1. The van der Waals surface area contributed by atoms with Gasteiger partial charge in [0.25, 0.3) is 5.91 Å². The number of aromatic carboxylic acids is 1. The molecule has 1 aromatic carbocycles. The smallest absolute Gasteiger partial charge is 0.335 e. The van der Waals surface area contributed by atoms with Crippen LogP contribution in [0.1, 0.15) is 44.8 Å². The lowest BCUT2D eigenvalue weighted by molar-refractivity contribution is 0.0696. The van der Waals surface area contributed by atoms with Crippen LogP contribution in [-0.2, 0) is 13.1 Å². The molecule has 3 aromatic rings. The lowest BCUT2D eigenvalue weighted by Crippen LogP contribution is -2.22. The quantitative estimate of drug-likeness (QED) is 0.577. The molecule has 0 spiro atoms. The summed E-state index contributed by atoms with van der Waals surface area (Å²) in [4.78, 5) is 26.5. The molecule has 7 nitrogen and oxygen atoms in total. The van der Waals surface area contributed by atoms with Crippen LogP contribution in [0.2, 0.25) is 0 Å². The van der Waals surface area contributed by atoms with Crippen molar-refractivity contribution in [1.82, 2.24) is 9.78 Å². The van der Waals surface area contributed by atoms with Crippen LogP contribution < -0.4 is 10.2 Å². The number of rotatable bonds is 8. The van der Waals surface area contributed by atoms with Crippen LogP contribution in [0.25, 0.3) is 0 Å². The normalized spacial score (nSPS) is 10.7. The number of aromatic nitrogens is 2. The Balaban J connectivity index is 1.90. The van der Waals surface area contributed by atoms with E-state index in [2.05, 4.69) is 17.3 Å². The first kappa shape index (κ1) is 20.6. The number of hydrogen-bond donors (Lipinski definition) is 2. The van der Waals surface area contributed by atoms with Crippen LogP contribution >= 0.6 is 11.3 Å². The van der Waals surface area contributed by atoms with Gasteiger partial charge < -0.3 is 15.3 Å². The number of anilines is 2. The molecule has 0 aliphatic rings. The second kappa shape index (κ2) is 8.91. The maximum Gasteiger partial charge on any atom is 0.335 e. The minimum Gasteiger partial charge on any atom is -0.478 e. The molecule has 0 saturated heterocycles. The zero-order valence-electron chi connectivity index (χ0n) is 16.7. The molecule has 0 saturated carbocycles. The second-order valence-corrected chi connectivity index (χ2v) is 7.77. The highest BCUT2D eigenvalue weighted by Crippen LogP contribution is 2.29. The third-order valence-electron chi connectivity index (χ3n) is 4.47. The molecule has 8 heteroatoms. The highest BCUT2D eigenvalue weighted by Gasteiger charge is 2.17. The summed E-state index contributed by atoms with van der Waals surface area (Å²) >= 11 is 1.33. The Labute approximate surface area is 173 Å². The van der Waals surface area contributed by atoms with Gasteiger partial charge in [-0.1, -0.05) is 13.0 Å². The van der Waals surface area contributed by atoms with E-state index in [0.29, 0.717) is 17.1 Å². The lowest BCUT2D eigenvalue weighted by Gasteiger charge is -2.23. The zero-order chi connectivity index (χ0) is 21.0. The fourth-order valence-corrected chi connectivity index (χ4v) is 3.77. The molecule has 0 unspecified atom stereocenters. The van der Waals surface area contributed by atoms with Crippen molar-refractivity contribution in [2.24, 2.45) is 0 Å². The largest absolute Gasteiger partial charge is 0.478 e. The number of nitrogens with zero attached hydrogens (tertiary/aromatic N) is 3. The van der Waals surface area contributed by atoms with Crippen molar-refractivity contribution in [2.75, 3.05) is 17.3 Å². The maximum absolute atomic E-state index is 12.6. The van der Waals surface area contributed by atoms with E-state index in [9.17, 15) is 14.7 Å². The Hall–Kier alpha value is -3.13. The first-order valence-electron chi connectivity index (χ1n) is 9.35. The van der Waals surface area contributed by atoms with Gasteiger partial charge in [-0.25, -0.2) is 4.79 Å². The summed E-state index contributed by atoms with van der Waals surface area (Å²) in [6.45, 7) is 5.48. The highest BCUT2D eigenvalue weighted by atomic mass is 32.1. The summed E-state index contributed by atoms with van der Waals surface area (Å²) in [5, 5.41) is 18.6. The van der Waals surface area contributed by atoms with Crippen molar-refractivity contribution in [3.63, 3.8) is 0 Å². The van der Waals surface area contributed by atoms with E-state index in [0.717, 1.165) is 30.0 Å². The molecular formula is C21H24N4O3S. The van der Waals surface area contributed by atoms with Crippen molar-refractivity contribution in [3.8, 4) is 0 Å². The van der Waals surface area contributed by atoms with Crippen LogP contribution in [0, 0.1) is 6.92 Å². The SMILES string of the molecule is CCCn1nc(C)cc1CN(C)c1ccc(C(=O)O)cc1NC(=O)c1cccs1. The number of aryl methyl sites for hydroxylation is 2. The molecule has 0 fully saturated rings. The number of benzene rings is 1. The third-order valence-corrected chi connectivity index (χ3v) is 5.34. The second-order valence-electron chi connectivity index (χ2n) is 6.82. The van der Waals surface area contributed by atoms with E-state index in [1.165, 1.54) is 17.4 Å². The Kier molecular flexibility index (Phi) is 6.33. The van der Waals surface area contributed by atoms with Gasteiger partial charge in [-0.15, -0.1) is 11.3 Å². The molecule has 0 radical (unpaired) electrons. The van der Waals surface area contributed by atoms with Crippen LogP contribution in [0.15, 0.2) is 41.8 Å². The first-order valence-corrected chi connectivity index (χ1v) is 10.2. The molecule has 2 N–H and O–H groups in total. The van der Waals surface area contributed by atoms with Gasteiger partial charge in [0.05, 0.1) is 39.7 Å². The minimum atomic E-state index is -1.04. The molecule has 2 heterocycles. The highest BCUT2D eigenvalue weighted by molar-refractivity contribution is 7.12. The Morgan fingerprint density at radius 3 is 2.72 bits per heavy atom. The number of carboxylic acids is 1. The summed E-state index contributed by atoms with van der Waals surface area (Å²) in [7, 11) is 1.91. The van der Waals surface area contributed by atoms with Crippen molar-refractivity contribution in [2.45, 2.75) is 33.4 Å². The molecule has 29 heavy (non-hydrogen) atoms. The van der Waals surface area contributed by atoms with E-state index < -0.39 is 5.97 Å². The van der Waals surface area contributed by atoms with Gasteiger partial charge in [-0.2, -0.15) is 5.10 Å². The van der Waals surface area contributed by atoms with Crippen LogP contribution in [-0.4, -0.2) is 33.8 Å². The topological polar surface area (TPSA) is 87.5 Å². The maximum atomic E-state index is 12.6. The number of nitrogens with one attached hydrogen (secondary N) is 1. The van der Waals surface area contributed by atoms with E-state index >= 15 is 0 Å². The molecule has 0 aliphatic heterocycles. The molecular weight excluding hydrogens is 388 g/mol. The number of thiophene rings is 1. The summed E-state index contributed by atoms with van der Waals surface area (Å²) in [6.07, 6.45) is 0.979. The van der Waals surface area contributed by atoms with Gasteiger partial charge in [-0.3, -0.25) is 9.48 Å². The van der Waals surface area contributed by atoms with Gasteiger partial charge in [0.1, 0.15) is 0 Å². The van der Waals surface area contributed by atoms with Crippen LogP contribution in [0.5, 0.6) is 0 Å². The lowest BCUT2D eigenvalue weighted by atomic mass is 10.1. The first-order chi connectivity index (χ1) is 13.9. The van der Waals surface area contributed by atoms with Crippen molar-refractivity contribution in [3.05, 3.63) is 63.6 Å². The number of amides is 1. The van der Waals surface area contributed by atoms with Gasteiger partial charge in [0.2, 0.25) is 0 Å². The van der Waals surface area contributed by atoms with E-state index in [1.807, 2.05) is 35.0 Å². The minimum absolute atomic E-state index is 0.121. The van der Waals surface area contributed by atoms with Gasteiger partial charge in [-0.05, 0) is 49.1 Å². The fraction of sp³-hybridized carbons (Fsp3) is 0.286. The number of carbonyl (C=O) groups is 2. The predicted octanol–water partition coefficient (Wildman–Crippen LogP) is 4.25. The zero-order valence-corrected chi connectivity index (χ0v) is 17.5. The molecule has 0 bridgehead atoms. The average Bonchev–Trinajstić information content (AvgIpc) is 3.32. The van der Waals surface area contributed by atoms with Gasteiger partial charge in [0, 0.05) is 13.6 Å². The average molecular weight is 413 g/mol. The summed E-state index contributed by atoms with van der Waals surface area (Å²) < 4.78 is 1.99. The number of hydrogen-bond acceptors (Lipinski definition) is 5. The molecule has 2 aromatic heterocycles. The molecule has 1 amide bonds. The van der Waals surface area contributed by atoms with E-state index in [4.69, 9.17) is 0 Å². The molecule has 3 rings (SSSR count). The number of carbonyl (C=O) groups excluding carboxylic acids is 1.